The number of imidazole rings is 1. The van der Waals surface area contributed by atoms with Gasteiger partial charge in [-0.1, -0.05) is 0 Å². The Balaban J connectivity index is 1.68. The number of fused-ring (bicyclic) bond motifs is 1. The standard InChI is InChI=1S/C17H25N5/c1-13-19-16-8-5-4-7-15(16)17(20-13)21(3)10-6-11-22-12-9-18-14(22)2/h9,12H,4-8,10-11H2,1-3H3. The van der Waals surface area contributed by atoms with Crippen molar-refractivity contribution >= 4 is 5.82 Å². The molecule has 0 saturated heterocycles. The fourth-order valence-electron chi connectivity index (χ4n) is 3.23. The van der Waals surface area contributed by atoms with Crippen LogP contribution in [0.3, 0.4) is 0 Å². The van der Waals surface area contributed by atoms with E-state index in [9.17, 15) is 0 Å². The van der Waals surface area contributed by atoms with Gasteiger partial charge in [0.25, 0.3) is 0 Å². The van der Waals surface area contributed by atoms with E-state index in [2.05, 4.69) is 26.5 Å². The van der Waals surface area contributed by atoms with Gasteiger partial charge in [0.1, 0.15) is 17.5 Å². The predicted octanol–water partition coefficient (Wildman–Crippen LogP) is 2.70. The Hall–Kier alpha value is -1.91. The van der Waals surface area contributed by atoms with E-state index in [1.165, 1.54) is 24.1 Å². The average molecular weight is 299 g/mol. The van der Waals surface area contributed by atoms with E-state index in [0.29, 0.717) is 0 Å². The maximum Gasteiger partial charge on any atom is 0.135 e. The van der Waals surface area contributed by atoms with Crippen LogP contribution < -0.4 is 4.90 Å². The summed E-state index contributed by atoms with van der Waals surface area (Å²) in [6, 6.07) is 0. The number of anilines is 1. The Morgan fingerprint density at radius 2 is 2.00 bits per heavy atom. The fraction of sp³-hybridized carbons (Fsp3) is 0.588. The molecule has 0 unspecified atom stereocenters. The van der Waals surface area contributed by atoms with Crippen LogP contribution in [0, 0.1) is 13.8 Å². The monoisotopic (exact) mass is 299 g/mol. The highest BCUT2D eigenvalue weighted by molar-refractivity contribution is 5.49. The van der Waals surface area contributed by atoms with E-state index in [1.54, 1.807) is 0 Å². The van der Waals surface area contributed by atoms with Gasteiger partial charge in [0.05, 0.1) is 0 Å². The molecule has 0 N–H and O–H groups in total. The number of rotatable bonds is 5. The van der Waals surface area contributed by atoms with E-state index in [4.69, 9.17) is 4.98 Å². The molecular formula is C17H25N5. The van der Waals surface area contributed by atoms with E-state index < -0.39 is 0 Å². The Morgan fingerprint density at radius 3 is 2.77 bits per heavy atom. The lowest BCUT2D eigenvalue weighted by atomic mass is 9.96. The molecule has 1 aliphatic rings. The molecule has 118 valence electrons. The lowest BCUT2D eigenvalue weighted by Gasteiger charge is -2.25. The molecule has 2 heterocycles. The van der Waals surface area contributed by atoms with Crippen LogP contribution in [-0.2, 0) is 19.4 Å². The Bertz CT molecular complexity index is 646. The molecule has 0 atom stereocenters. The molecule has 2 aromatic rings. The largest absolute Gasteiger partial charge is 0.359 e. The highest BCUT2D eigenvalue weighted by Crippen LogP contribution is 2.27. The highest BCUT2D eigenvalue weighted by Gasteiger charge is 2.19. The minimum absolute atomic E-state index is 0.896. The molecule has 1 aliphatic carbocycles. The fourth-order valence-corrected chi connectivity index (χ4v) is 3.23. The normalized spacial score (nSPS) is 14.0. The van der Waals surface area contributed by atoms with Gasteiger partial charge in [0.2, 0.25) is 0 Å². The third kappa shape index (κ3) is 3.13. The molecule has 5 heteroatoms. The average Bonchev–Trinajstić information content (AvgIpc) is 2.91. The molecule has 0 bridgehead atoms. The van der Waals surface area contributed by atoms with Crippen molar-refractivity contribution in [2.24, 2.45) is 0 Å². The van der Waals surface area contributed by atoms with Gasteiger partial charge >= 0.3 is 0 Å². The molecule has 0 aromatic carbocycles. The van der Waals surface area contributed by atoms with Gasteiger partial charge in [-0.3, -0.25) is 0 Å². The summed E-state index contributed by atoms with van der Waals surface area (Å²) in [5, 5.41) is 0. The third-order valence-electron chi connectivity index (χ3n) is 4.45. The smallest absolute Gasteiger partial charge is 0.135 e. The Kier molecular flexibility index (Phi) is 4.41. The Morgan fingerprint density at radius 1 is 1.18 bits per heavy atom. The van der Waals surface area contributed by atoms with Gasteiger partial charge in [0, 0.05) is 43.8 Å². The van der Waals surface area contributed by atoms with Crippen molar-refractivity contribution in [1.82, 2.24) is 19.5 Å². The summed E-state index contributed by atoms with van der Waals surface area (Å²) >= 11 is 0. The zero-order valence-electron chi connectivity index (χ0n) is 13.8. The molecule has 0 aliphatic heterocycles. The highest BCUT2D eigenvalue weighted by atomic mass is 15.2. The molecular weight excluding hydrogens is 274 g/mol. The van der Waals surface area contributed by atoms with Gasteiger partial charge < -0.3 is 9.47 Å². The third-order valence-corrected chi connectivity index (χ3v) is 4.45. The van der Waals surface area contributed by atoms with Crippen molar-refractivity contribution in [1.29, 1.82) is 0 Å². The molecule has 2 aromatic heterocycles. The van der Waals surface area contributed by atoms with Crippen LogP contribution in [0.1, 0.15) is 42.2 Å². The molecule has 5 nitrogen and oxygen atoms in total. The number of aryl methyl sites for hydroxylation is 4. The summed E-state index contributed by atoms with van der Waals surface area (Å²) < 4.78 is 2.20. The van der Waals surface area contributed by atoms with Crippen LogP contribution >= 0.6 is 0 Å². The molecule has 22 heavy (non-hydrogen) atoms. The lowest BCUT2D eigenvalue weighted by Crippen LogP contribution is -2.25. The summed E-state index contributed by atoms with van der Waals surface area (Å²) in [7, 11) is 2.15. The SMILES string of the molecule is Cc1nc2c(c(N(C)CCCn3ccnc3C)n1)CCCC2. The van der Waals surface area contributed by atoms with Gasteiger partial charge in [-0.2, -0.15) is 0 Å². The minimum Gasteiger partial charge on any atom is -0.359 e. The van der Waals surface area contributed by atoms with E-state index in [-0.39, 0.29) is 0 Å². The summed E-state index contributed by atoms with van der Waals surface area (Å²) in [4.78, 5) is 15.9. The molecule has 3 rings (SSSR count). The second-order valence-electron chi connectivity index (χ2n) is 6.17. The van der Waals surface area contributed by atoms with Gasteiger partial charge in [0.15, 0.2) is 0 Å². The van der Waals surface area contributed by atoms with E-state index >= 15 is 0 Å². The Labute approximate surface area is 132 Å². The van der Waals surface area contributed by atoms with Crippen LogP contribution in [0.5, 0.6) is 0 Å². The van der Waals surface area contributed by atoms with Crippen LogP contribution in [0.15, 0.2) is 12.4 Å². The van der Waals surface area contributed by atoms with Crippen LogP contribution in [0.25, 0.3) is 0 Å². The second-order valence-corrected chi connectivity index (χ2v) is 6.17. The molecule has 0 radical (unpaired) electrons. The van der Waals surface area contributed by atoms with E-state index in [0.717, 1.165) is 49.8 Å². The quantitative estimate of drug-likeness (QED) is 0.851. The number of hydrogen-bond acceptors (Lipinski definition) is 4. The first-order chi connectivity index (χ1) is 10.6. The van der Waals surface area contributed by atoms with E-state index in [1.807, 2.05) is 26.2 Å². The summed E-state index contributed by atoms with van der Waals surface area (Å²) in [6.45, 7) is 6.05. The first-order valence-electron chi connectivity index (χ1n) is 8.20. The van der Waals surface area contributed by atoms with Crippen molar-refractivity contribution in [3.8, 4) is 0 Å². The van der Waals surface area contributed by atoms with Gasteiger partial charge in [-0.25, -0.2) is 15.0 Å². The van der Waals surface area contributed by atoms with Crippen LogP contribution in [0.4, 0.5) is 5.82 Å². The molecule has 0 spiro atoms. The predicted molar refractivity (Wildman–Crippen MR) is 88.3 cm³/mol. The van der Waals surface area contributed by atoms with Gasteiger partial charge in [-0.15, -0.1) is 0 Å². The van der Waals surface area contributed by atoms with Crippen molar-refractivity contribution in [2.75, 3.05) is 18.5 Å². The minimum atomic E-state index is 0.896. The van der Waals surface area contributed by atoms with Crippen LogP contribution in [-0.4, -0.2) is 33.1 Å². The van der Waals surface area contributed by atoms with Crippen molar-refractivity contribution in [2.45, 2.75) is 52.5 Å². The first kappa shape index (κ1) is 15.0. The van der Waals surface area contributed by atoms with Crippen molar-refractivity contribution in [3.05, 3.63) is 35.3 Å². The molecule has 0 saturated carbocycles. The lowest BCUT2D eigenvalue weighted by molar-refractivity contribution is 0.613. The zero-order chi connectivity index (χ0) is 15.5. The number of hydrogen-bond donors (Lipinski definition) is 0. The second kappa shape index (κ2) is 6.46. The molecule has 0 fully saturated rings. The maximum atomic E-state index is 4.72. The zero-order valence-corrected chi connectivity index (χ0v) is 13.8. The maximum absolute atomic E-state index is 4.72. The molecule has 0 amide bonds. The van der Waals surface area contributed by atoms with Crippen LogP contribution in [0.2, 0.25) is 0 Å². The number of aromatic nitrogens is 4. The topological polar surface area (TPSA) is 46.8 Å². The summed E-state index contributed by atoms with van der Waals surface area (Å²) in [6.07, 6.45) is 9.74. The van der Waals surface area contributed by atoms with Crippen molar-refractivity contribution in [3.63, 3.8) is 0 Å². The number of nitrogens with zero attached hydrogens (tertiary/aromatic N) is 5. The summed E-state index contributed by atoms with van der Waals surface area (Å²) in [5.74, 6) is 3.12. The van der Waals surface area contributed by atoms with Crippen molar-refractivity contribution < 1.29 is 0 Å². The van der Waals surface area contributed by atoms with Gasteiger partial charge in [-0.05, 0) is 46.0 Å². The summed E-state index contributed by atoms with van der Waals surface area (Å²) in [5.41, 5.74) is 2.64. The first-order valence-corrected chi connectivity index (χ1v) is 8.20.